The van der Waals surface area contributed by atoms with Crippen LogP contribution in [0.1, 0.15) is 41.4 Å². The molecule has 0 fully saturated rings. The van der Waals surface area contributed by atoms with Crippen LogP contribution in [0.25, 0.3) is 0 Å². The Morgan fingerprint density at radius 3 is 2.15 bits per heavy atom. The van der Waals surface area contributed by atoms with Gasteiger partial charge in [-0.2, -0.15) is 0 Å². The minimum absolute atomic E-state index is 0.00662. The van der Waals surface area contributed by atoms with Gasteiger partial charge in [0.15, 0.2) is 0 Å². The van der Waals surface area contributed by atoms with Crippen LogP contribution in [-0.4, -0.2) is 44.4 Å². The van der Waals surface area contributed by atoms with Crippen molar-refractivity contribution in [2.75, 3.05) is 11.9 Å². The highest BCUT2D eigenvalue weighted by Crippen LogP contribution is 2.40. The van der Waals surface area contributed by atoms with E-state index in [4.69, 9.17) is 11.6 Å². The lowest BCUT2D eigenvalue weighted by Gasteiger charge is -2.18. The Bertz CT molecular complexity index is 1080. The predicted molar refractivity (Wildman–Crippen MR) is 104 cm³/mol. The number of anilines is 1. The van der Waals surface area contributed by atoms with Gasteiger partial charge in [0.1, 0.15) is 0 Å². The van der Waals surface area contributed by atoms with Gasteiger partial charge in [-0.1, -0.05) is 42.0 Å². The smallest absolute Gasteiger partial charge is 0.266 e. The number of amides is 4. The summed E-state index contributed by atoms with van der Waals surface area (Å²) in [5, 5.41) is 0.958. The molecule has 2 aromatic rings. The molecule has 0 radical (unpaired) electrons. The fourth-order valence-electron chi connectivity index (χ4n) is 3.62. The highest BCUT2D eigenvalue weighted by molar-refractivity contribution is 6.72. The Hall–Kier alpha value is -2.77. The topological polar surface area (TPSA) is 74.8 Å². The maximum atomic E-state index is 13.2. The highest BCUT2D eigenvalue weighted by atomic mass is 35.5. The van der Waals surface area contributed by atoms with Gasteiger partial charge in [-0.25, -0.2) is 4.90 Å². The van der Waals surface area contributed by atoms with E-state index in [0.717, 1.165) is 15.0 Å². The summed E-state index contributed by atoms with van der Waals surface area (Å²) in [6.07, 6.45) is 0. The largest absolute Gasteiger partial charge is 0.277 e. The molecule has 0 spiro atoms. The van der Waals surface area contributed by atoms with E-state index in [9.17, 15) is 19.2 Å². The van der Waals surface area contributed by atoms with E-state index >= 15 is 0 Å². The van der Waals surface area contributed by atoms with Crippen LogP contribution in [-0.2, 0) is 0 Å². The molecule has 0 unspecified atom stereocenters. The summed E-state index contributed by atoms with van der Waals surface area (Å²) in [5.41, 5.74) is 0.796. The molecule has 2 aliphatic rings. The van der Waals surface area contributed by atoms with E-state index in [1.807, 2.05) is 6.07 Å². The van der Waals surface area contributed by atoms with E-state index in [0.29, 0.717) is 11.1 Å². The lowest BCUT2D eigenvalue weighted by Crippen LogP contribution is -2.34. The SMILES string of the molecule is CN1C(=O)c2ccc(Cl)c(N3C(=O)c4cccc([SiH](C)C)c4C3=O)c2C1=O. The minimum Gasteiger partial charge on any atom is -0.277 e. The van der Waals surface area contributed by atoms with Crippen LogP contribution >= 0.6 is 11.6 Å². The summed E-state index contributed by atoms with van der Waals surface area (Å²) >= 11 is 6.31. The quantitative estimate of drug-likeness (QED) is 0.573. The third-order valence-corrected chi connectivity index (χ3v) is 7.01. The summed E-state index contributed by atoms with van der Waals surface area (Å²) in [4.78, 5) is 53.1. The number of rotatable bonds is 2. The third kappa shape index (κ3) is 2.25. The molecular formula is C19H15ClN2O4Si. The summed E-state index contributed by atoms with van der Waals surface area (Å²) in [6, 6.07) is 8.10. The van der Waals surface area contributed by atoms with Crippen LogP contribution in [0.4, 0.5) is 5.69 Å². The number of fused-ring (bicyclic) bond motifs is 2. The molecule has 4 amide bonds. The van der Waals surface area contributed by atoms with Gasteiger partial charge >= 0.3 is 0 Å². The van der Waals surface area contributed by atoms with E-state index in [1.165, 1.54) is 19.2 Å². The zero-order chi connectivity index (χ0) is 19.6. The van der Waals surface area contributed by atoms with Gasteiger partial charge in [0.05, 0.1) is 41.8 Å². The van der Waals surface area contributed by atoms with E-state index in [-0.39, 0.29) is 21.8 Å². The number of carbonyl (C=O) groups is 4. The van der Waals surface area contributed by atoms with Crippen LogP contribution in [0.2, 0.25) is 18.1 Å². The fraction of sp³-hybridized carbons (Fsp3) is 0.158. The molecule has 0 N–H and O–H groups in total. The van der Waals surface area contributed by atoms with Crippen LogP contribution in [0.3, 0.4) is 0 Å². The Kier molecular flexibility index (Phi) is 3.83. The molecule has 0 atom stereocenters. The molecule has 0 aromatic heterocycles. The Labute approximate surface area is 161 Å². The maximum Gasteiger partial charge on any atom is 0.266 e. The second-order valence-electron chi connectivity index (χ2n) is 6.86. The normalized spacial score (nSPS) is 15.9. The van der Waals surface area contributed by atoms with Crippen LogP contribution < -0.4 is 10.1 Å². The first-order valence-electron chi connectivity index (χ1n) is 8.42. The number of benzene rings is 2. The van der Waals surface area contributed by atoms with E-state index < -0.39 is 32.4 Å². The lowest BCUT2D eigenvalue weighted by molar-refractivity contribution is 0.0693. The zero-order valence-electron chi connectivity index (χ0n) is 14.9. The molecule has 6 nitrogen and oxygen atoms in total. The number of hydrogen-bond donors (Lipinski definition) is 0. The van der Waals surface area contributed by atoms with Gasteiger partial charge < -0.3 is 0 Å². The van der Waals surface area contributed by atoms with Crippen molar-refractivity contribution < 1.29 is 19.2 Å². The molecule has 2 aromatic carbocycles. The molecule has 8 heteroatoms. The number of nitrogens with zero attached hydrogens (tertiary/aromatic N) is 2. The van der Waals surface area contributed by atoms with Gasteiger partial charge in [0, 0.05) is 7.05 Å². The first-order valence-corrected chi connectivity index (χ1v) is 11.7. The summed E-state index contributed by atoms with van der Waals surface area (Å²) in [5.74, 6) is -2.10. The van der Waals surface area contributed by atoms with Crippen molar-refractivity contribution in [1.82, 2.24) is 4.90 Å². The Balaban J connectivity index is 1.97. The predicted octanol–water partition coefficient (Wildman–Crippen LogP) is 2.06. The van der Waals surface area contributed by atoms with Crippen molar-refractivity contribution in [2.24, 2.45) is 0 Å². The van der Waals surface area contributed by atoms with Gasteiger partial charge in [-0.15, -0.1) is 0 Å². The molecule has 0 bridgehead atoms. The van der Waals surface area contributed by atoms with Crippen molar-refractivity contribution in [3.05, 3.63) is 57.6 Å². The van der Waals surface area contributed by atoms with Gasteiger partial charge in [0.2, 0.25) is 0 Å². The van der Waals surface area contributed by atoms with Crippen molar-refractivity contribution in [3.63, 3.8) is 0 Å². The average molecular weight is 399 g/mol. The second kappa shape index (κ2) is 5.87. The van der Waals surface area contributed by atoms with E-state index in [2.05, 4.69) is 13.1 Å². The standard InChI is InChI=1S/C19H15ClN2O4Si/c1-21-16(23)10-7-8-11(20)15(14(10)18(21)25)22-17(24)9-5-4-6-12(27(2)3)13(9)19(22)26/h4-8,27H,1-3H3. The van der Waals surface area contributed by atoms with Crippen molar-refractivity contribution >= 4 is 54.9 Å². The zero-order valence-corrected chi connectivity index (χ0v) is 16.8. The molecule has 2 heterocycles. The van der Waals surface area contributed by atoms with Crippen molar-refractivity contribution in [2.45, 2.75) is 13.1 Å². The van der Waals surface area contributed by atoms with Crippen LogP contribution in [0, 0.1) is 0 Å². The second-order valence-corrected chi connectivity index (χ2v) is 10.2. The molecule has 0 saturated carbocycles. The van der Waals surface area contributed by atoms with Gasteiger partial charge in [-0.05, 0) is 18.2 Å². The molecule has 4 rings (SSSR count). The molecular weight excluding hydrogens is 384 g/mol. The molecule has 136 valence electrons. The molecule has 0 saturated heterocycles. The van der Waals surface area contributed by atoms with Crippen LogP contribution in [0.15, 0.2) is 30.3 Å². The fourth-order valence-corrected chi connectivity index (χ4v) is 5.21. The third-order valence-electron chi connectivity index (χ3n) is 4.97. The summed E-state index contributed by atoms with van der Waals surface area (Å²) in [7, 11) is -0.0307. The number of imide groups is 2. The number of hydrogen-bond acceptors (Lipinski definition) is 4. The van der Waals surface area contributed by atoms with Crippen molar-refractivity contribution in [3.8, 4) is 0 Å². The molecule has 2 aliphatic heterocycles. The number of carbonyl (C=O) groups excluding carboxylic acids is 4. The Morgan fingerprint density at radius 2 is 1.48 bits per heavy atom. The van der Waals surface area contributed by atoms with Gasteiger partial charge in [0.25, 0.3) is 23.6 Å². The maximum absolute atomic E-state index is 13.2. The first-order chi connectivity index (χ1) is 12.8. The average Bonchev–Trinajstić information content (AvgIpc) is 3.02. The van der Waals surface area contributed by atoms with Gasteiger partial charge in [-0.3, -0.25) is 24.1 Å². The summed E-state index contributed by atoms with van der Waals surface area (Å²) in [6.45, 7) is 4.14. The minimum atomic E-state index is -1.39. The van der Waals surface area contributed by atoms with E-state index in [1.54, 1.807) is 12.1 Å². The lowest BCUT2D eigenvalue weighted by atomic mass is 10.1. The Morgan fingerprint density at radius 1 is 0.815 bits per heavy atom. The monoisotopic (exact) mass is 398 g/mol. The molecule has 0 aliphatic carbocycles. The highest BCUT2D eigenvalue weighted by Gasteiger charge is 2.45. The molecule has 27 heavy (non-hydrogen) atoms. The van der Waals surface area contributed by atoms with Crippen molar-refractivity contribution in [1.29, 1.82) is 0 Å². The summed E-state index contributed by atoms with van der Waals surface area (Å²) < 4.78 is 0. The number of halogens is 1. The van der Waals surface area contributed by atoms with Crippen LogP contribution in [0.5, 0.6) is 0 Å². The first kappa shape index (κ1) is 17.6.